The van der Waals surface area contributed by atoms with Crippen molar-refractivity contribution >= 4 is 78.4 Å². The van der Waals surface area contributed by atoms with Gasteiger partial charge in [0, 0.05) is 32.8 Å². The molecule has 0 saturated carbocycles. The number of rotatable bonds is 4. The van der Waals surface area contributed by atoms with Crippen LogP contribution < -0.4 is 9.77 Å². The molecule has 196 valence electrons. The summed E-state index contributed by atoms with van der Waals surface area (Å²) in [4.78, 5) is 57.7. The van der Waals surface area contributed by atoms with Crippen molar-refractivity contribution in [3.63, 3.8) is 0 Å². The van der Waals surface area contributed by atoms with E-state index in [1.54, 1.807) is 24.3 Å². The number of likely N-dealkylation sites (tertiary alicyclic amines) is 1. The van der Waals surface area contributed by atoms with E-state index in [-0.39, 0.29) is 29.1 Å². The molecule has 0 bridgehead atoms. The number of fused-ring (bicyclic) bond motifs is 2. The number of carbonyl (C=O) groups is 3. The molecule has 3 aromatic rings. The Bertz CT molecular complexity index is 1500. The smallest absolute Gasteiger partial charge is 0.308 e. The van der Waals surface area contributed by atoms with Crippen molar-refractivity contribution in [1.29, 1.82) is 0 Å². The molecule has 0 N–H and O–H groups in total. The molecule has 2 fully saturated rings. The van der Waals surface area contributed by atoms with Gasteiger partial charge >= 0.3 is 4.87 Å². The molecule has 1 aromatic heterocycles. The Labute approximate surface area is 244 Å². The molecular weight excluding hydrogens is 654 g/mol. The van der Waals surface area contributed by atoms with Gasteiger partial charge in [0.15, 0.2) is 0 Å². The van der Waals surface area contributed by atoms with Crippen LogP contribution in [0.5, 0.6) is 0 Å². The van der Waals surface area contributed by atoms with E-state index in [4.69, 9.17) is 0 Å². The Morgan fingerprint density at radius 2 is 1.66 bits per heavy atom. The standard InChI is InChI=1S/C27H23Br2N3O4S2/c28-16-7-9-18(10-8-16)32-24(34)21-20(15-5-4-6-17(29)13-15)23-26(37-22(21)25(32)35)31(27(36)38-23)14-19(33)30-11-2-1-3-12-30/h4-10,13,20-22H,1-3,11-12,14H2. The molecule has 3 aliphatic rings. The van der Waals surface area contributed by atoms with Crippen LogP contribution in [-0.2, 0) is 20.9 Å². The second-order valence-electron chi connectivity index (χ2n) is 9.65. The first-order valence-electron chi connectivity index (χ1n) is 12.4. The molecule has 6 rings (SSSR count). The zero-order valence-electron chi connectivity index (χ0n) is 20.1. The predicted molar refractivity (Wildman–Crippen MR) is 155 cm³/mol. The summed E-state index contributed by atoms with van der Waals surface area (Å²) >= 11 is 9.27. The van der Waals surface area contributed by atoms with Crippen LogP contribution >= 0.6 is 55.0 Å². The van der Waals surface area contributed by atoms with Gasteiger partial charge in [-0.2, -0.15) is 0 Å². The van der Waals surface area contributed by atoms with Crippen molar-refractivity contribution in [1.82, 2.24) is 9.47 Å². The van der Waals surface area contributed by atoms with Gasteiger partial charge in [0.1, 0.15) is 11.8 Å². The summed E-state index contributed by atoms with van der Waals surface area (Å²) in [7, 11) is 0. The third kappa shape index (κ3) is 4.51. The van der Waals surface area contributed by atoms with Crippen LogP contribution in [0, 0.1) is 5.92 Å². The molecule has 4 heterocycles. The topological polar surface area (TPSA) is 79.7 Å². The molecule has 3 unspecified atom stereocenters. The summed E-state index contributed by atoms with van der Waals surface area (Å²) in [6, 6.07) is 14.8. The highest BCUT2D eigenvalue weighted by molar-refractivity contribution is 9.10. The number of hydrogen-bond donors (Lipinski definition) is 0. The van der Waals surface area contributed by atoms with Crippen LogP contribution in [-0.4, -0.2) is 45.5 Å². The Kier molecular flexibility index (Phi) is 7.13. The number of amides is 3. The van der Waals surface area contributed by atoms with Gasteiger partial charge in [0.25, 0.3) is 0 Å². The number of piperidine rings is 1. The molecule has 3 aliphatic heterocycles. The summed E-state index contributed by atoms with van der Waals surface area (Å²) in [6.45, 7) is 1.35. The summed E-state index contributed by atoms with van der Waals surface area (Å²) in [5.74, 6) is -1.80. The van der Waals surface area contributed by atoms with E-state index in [1.165, 1.54) is 21.2 Å². The van der Waals surface area contributed by atoms with E-state index < -0.39 is 17.1 Å². The first-order valence-corrected chi connectivity index (χ1v) is 15.7. The Morgan fingerprint density at radius 3 is 2.37 bits per heavy atom. The molecule has 38 heavy (non-hydrogen) atoms. The number of thiazole rings is 1. The lowest BCUT2D eigenvalue weighted by atomic mass is 9.83. The van der Waals surface area contributed by atoms with Gasteiger partial charge in [-0.3, -0.25) is 23.7 Å². The van der Waals surface area contributed by atoms with Gasteiger partial charge in [-0.05, 0) is 61.2 Å². The normalized spacial score (nSPS) is 22.9. The minimum absolute atomic E-state index is 0.0567. The highest BCUT2D eigenvalue weighted by atomic mass is 79.9. The maximum atomic E-state index is 13.9. The average molecular weight is 677 g/mol. The van der Waals surface area contributed by atoms with Gasteiger partial charge in [-0.1, -0.05) is 67.1 Å². The van der Waals surface area contributed by atoms with Crippen molar-refractivity contribution in [2.45, 2.75) is 42.0 Å². The third-order valence-electron chi connectivity index (χ3n) is 7.34. The molecule has 7 nitrogen and oxygen atoms in total. The maximum absolute atomic E-state index is 13.9. The Hall–Kier alpha value is -2.21. The summed E-state index contributed by atoms with van der Waals surface area (Å²) < 4.78 is 3.21. The number of carbonyl (C=O) groups excluding carboxylic acids is 3. The number of halogens is 2. The molecular formula is C27H23Br2N3O4S2. The van der Waals surface area contributed by atoms with E-state index in [0.29, 0.717) is 23.8 Å². The average Bonchev–Trinajstić information content (AvgIpc) is 3.36. The summed E-state index contributed by atoms with van der Waals surface area (Å²) in [6.07, 6.45) is 3.04. The predicted octanol–water partition coefficient (Wildman–Crippen LogP) is 5.24. The zero-order valence-corrected chi connectivity index (χ0v) is 24.9. The molecule has 2 aromatic carbocycles. The fraction of sp³-hybridized carbons (Fsp3) is 0.333. The van der Waals surface area contributed by atoms with Crippen LogP contribution in [0.25, 0.3) is 0 Å². The number of aromatic nitrogens is 1. The Balaban J connectivity index is 1.44. The largest absolute Gasteiger partial charge is 0.341 e. The SMILES string of the molecule is O=C(Cn1c2c(sc1=O)C(c1cccc(Br)c1)C1C(=O)N(c3ccc(Br)cc3)C(=O)C1S2)N1CCCCC1. The maximum Gasteiger partial charge on any atom is 0.308 e. The molecule has 11 heteroatoms. The van der Waals surface area contributed by atoms with Crippen LogP contribution in [0.3, 0.4) is 0 Å². The van der Waals surface area contributed by atoms with Gasteiger partial charge < -0.3 is 4.90 Å². The number of nitrogens with zero attached hydrogens (tertiary/aromatic N) is 3. The highest BCUT2D eigenvalue weighted by Crippen LogP contribution is 2.54. The van der Waals surface area contributed by atoms with Crippen molar-refractivity contribution in [2.24, 2.45) is 5.92 Å². The quantitative estimate of drug-likeness (QED) is 0.353. The molecule has 2 saturated heterocycles. The van der Waals surface area contributed by atoms with Crippen LogP contribution in [0.15, 0.2) is 67.3 Å². The van der Waals surface area contributed by atoms with Gasteiger partial charge in [-0.15, -0.1) is 0 Å². The fourth-order valence-electron chi connectivity index (χ4n) is 5.54. The number of thioether (sulfide) groups is 1. The molecule has 0 aliphatic carbocycles. The second kappa shape index (κ2) is 10.4. The van der Waals surface area contributed by atoms with Crippen molar-refractivity contribution < 1.29 is 14.4 Å². The molecule has 3 atom stereocenters. The fourth-order valence-corrected chi connectivity index (χ4v) is 8.99. The zero-order chi connectivity index (χ0) is 26.6. The Morgan fingerprint density at radius 1 is 0.921 bits per heavy atom. The van der Waals surface area contributed by atoms with E-state index >= 15 is 0 Å². The monoisotopic (exact) mass is 675 g/mol. The molecule has 0 radical (unpaired) electrons. The molecule has 0 spiro atoms. The van der Waals surface area contributed by atoms with E-state index in [1.807, 2.05) is 29.2 Å². The minimum atomic E-state index is -0.701. The van der Waals surface area contributed by atoms with Crippen molar-refractivity contribution in [3.8, 4) is 0 Å². The first kappa shape index (κ1) is 26.0. The highest BCUT2D eigenvalue weighted by Gasteiger charge is 2.56. The van der Waals surface area contributed by atoms with E-state index in [0.717, 1.165) is 50.0 Å². The van der Waals surface area contributed by atoms with Crippen molar-refractivity contribution in [3.05, 3.63) is 77.6 Å². The van der Waals surface area contributed by atoms with Crippen LogP contribution in [0.4, 0.5) is 5.69 Å². The number of anilines is 1. The first-order chi connectivity index (χ1) is 18.3. The lowest BCUT2D eigenvalue weighted by molar-refractivity contribution is -0.133. The number of imide groups is 1. The van der Waals surface area contributed by atoms with Gasteiger partial charge in [0.2, 0.25) is 17.7 Å². The van der Waals surface area contributed by atoms with Crippen molar-refractivity contribution in [2.75, 3.05) is 18.0 Å². The van der Waals surface area contributed by atoms with E-state index in [2.05, 4.69) is 31.9 Å². The minimum Gasteiger partial charge on any atom is -0.341 e. The lowest BCUT2D eigenvalue weighted by Crippen LogP contribution is -2.39. The third-order valence-corrected chi connectivity index (χ3v) is 11.0. The van der Waals surface area contributed by atoms with E-state index in [9.17, 15) is 19.2 Å². The summed E-state index contributed by atoms with van der Waals surface area (Å²) in [5, 5.41) is -0.0802. The number of benzene rings is 2. The number of hydrogen-bond acceptors (Lipinski definition) is 6. The van der Waals surface area contributed by atoms with Gasteiger partial charge in [-0.25, -0.2) is 4.90 Å². The van der Waals surface area contributed by atoms with Gasteiger partial charge in [0.05, 0.1) is 16.6 Å². The van der Waals surface area contributed by atoms with Crippen LogP contribution in [0.2, 0.25) is 0 Å². The molecule has 3 amide bonds. The lowest BCUT2D eigenvalue weighted by Gasteiger charge is -2.31. The van der Waals surface area contributed by atoms with Crippen LogP contribution in [0.1, 0.15) is 35.6 Å². The summed E-state index contributed by atoms with van der Waals surface area (Å²) in [5.41, 5.74) is 1.37. The second-order valence-corrected chi connectivity index (χ2v) is 13.6.